The number of aliphatic hydroxyl groups excluding tert-OH is 1. The van der Waals surface area contributed by atoms with Gasteiger partial charge in [-0.15, -0.1) is 0 Å². The van der Waals surface area contributed by atoms with Crippen molar-refractivity contribution in [3.05, 3.63) is 29.8 Å². The predicted octanol–water partition coefficient (Wildman–Crippen LogP) is 2.06. The molecular formula is C20H31N3O2. The lowest BCUT2D eigenvalue weighted by molar-refractivity contribution is 0.0620. The maximum atomic E-state index is 12.7. The Morgan fingerprint density at radius 3 is 2.40 bits per heavy atom. The summed E-state index contributed by atoms with van der Waals surface area (Å²) in [5, 5.41) is 9.35. The van der Waals surface area contributed by atoms with E-state index in [0.29, 0.717) is 12.6 Å². The first-order valence-corrected chi connectivity index (χ1v) is 9.57. The molecule has 0 bridgehead atoms. The first kappa shape index (κ1) is 18.2. The second-order valence-electron chi connectivity index (χ2n) is 7.61. The van der Waals surface area contributed by atoms with Gasteiger partial charge in [-0.1, -0.05) is 0 Å². The van der Waals surface area contributed by atoms with Gasteiger partial charge in [0.05, 0.1) is 0 Å². The summed E-state index contributed by atoms with van der Waals surface area (Å²) in [7, 11) is 0. The van der Waals surface area contributed by atoms with Crippen LogP contribution in [0.1, 0.15) is 37.0 Å². The van der Waals surface area contributed by atoms with Crippen molar-refractivity contribution < 1.29 is 9.90 Å². The number of piperidine rings is 1. The number of benzene rings is 1. The maximum absolute atomic E-state index is 12.7. The minimum absolute atomic E-state index is 0.0920. The first-order valence-electron chi connectivity index (χ1n) is 9.57. The van der Waals surface area contributed by atoms with E-state index in [1.54, 1.807) is 0 Å². The van der Waals surface area contributed by atoms with Crippen LogP contribution < -0.4 is 4.90 Å². The van der Waals surface area contributed by atoms with E-state index in [4.69, 9.17) is 0 Å². The van der Waals surface area contributed by atoms with Crippen LogP contribution in [0.25, 0.3) is 0 Å². The molecule has 2 saturated heterocycles. The number of hydrogen-bond acceptors (Lipinski definition) is 4. The van der Waals surface area contributed by atoms with Crippen molar-refractivity contribution in [1.29, 1.82) is 0 Å². The van der Waals surface area contributed by atoms with Crippen molar-refractivity contribution >= 4 is 11.6 Å². The molecule has 0 aliphatic carbocycles. The van der Waals surface area contributed by atoms with Crippen LogP contribution in [-0.4, -0.2) is 72.7 Å². The van der Waals surface area contributed by atoms with Gasteiger partial charge in [0.15, 0.2) is 0 Å². The largest absolute Gasteiger partial charge is 0.396 e. The molecule has 1 aromatic rings. The number of hydrogen-bond donors (Lipinski definition) is 1. The summed E-state index contributed by atoms with van der Waals surface area (Å²) in [5.74, 6) is 0.323. The summed E-state index contributed by atoms with van der Waals surface area (Å²) in [6.45, 7) is 10.4. The van der Waals surface area contributed by atoms with Gasteiger partial charge >= 0.3 is 0 Å². The fourth-order valence-electron chi connectivity index (χ4n) is 3.89. The van der Waals surface area contributed by atoms with Crippen LogP contribution in [0, 0.1) is 5.92 Å². The highest BCUT2D eigenvalue weighted by molar-refractivity contribution is 5.94. The van der Waals surface area contributed by atoms with E-state index in [1.165, 1.54) is 5.69 Å². The van der Waals surface area contributed by atoms with E-state index >= 15 is 0 Å². The summed E-state index contributed by atoms with van der Waals surface area (Å²) in [6.07, 6.45) is 2.00. The number of carbonyl (C=O) groups excluding carboxylic acids is 1. The zero-order valence-corrected chi connectivity index (χ0v) is 15.5. The normalized spacial score (nSPS) is 22.5. The van der Waals surface area contributed by atoms with Gasteiger partial charge in [-0.3, -0.25) is 9.69 Å². The van der Waals surface area contributed by atoms with E-state index in [9.17, 15) is 9.90 Å². The summed E-state index contributed by atoms with van der Waals surface area (Å²) >= 11 is 0. The predicted molar refractivity (Wildman–Crippen MR) is 101 cm³/mol. The Labute approximate surface area is 151 Å². The van der Waals surface area contributed by atoms with Gasteiger partial charge in [0.1, 0.15) is 0 Å². The summed E-state index contributed by atoms with van der Waals surface area (Å²) in [5.41, 5.74) is 1.95. The molecule has 2 aliphatic heterocycles. The number of carbonyl (C=O) groups is 1. The Hall–Kier alpha value is -1.59. The van der Waals surface area contributed by atoms with Crippen LogP contribution in [0.4, 0.5) is 5.69 Å². The van der Waals surface area contributed by atoms with Crippen molar-refractivity contribution in [1.82, 2.24) is 9.80 Å². The van der Waals surface area contributed by atoms with Crippen molar-refractivity contribution in [3.63, 3.8) is 0 Å². The van der Waals surface area contributed by atoms with Gasteiger partial charge in [-0.2, -0.15) is 0 Å². The lowest BCUT2D eigenvalue weighted by Crippen LogP contribution is -2.48. The Bertz CT molecular complexity index is 565. The third-order valence-corrected chi connectivity index (χ3v) is 5.59. The summed E-state index contributed by atoms with van der Waals surface area (Å²) in [6, 6.07) is 8.66. The molecule has 5 heteroatoms. The zero-order valence-electron chi connectivity index (χ0n) is 15.5. The lowest BCUT2D eigenvalue weighted by atomic mass is 9.98. The zero-order chi connectivity index (χ0) is 17.8. The SMILES string of the molecule is CC(C)N1CCN(c2ccc(C(=O)N3CCCC(CO)C3)cc2)CC1. The van der Waals surface area contributed by atoms with E-state index in [1.807, 2.05) is 17.0 Å². The molecule has 0 saturated carbocycles. The highest BCUT2D eigenvalue weighted by atomic mass is 16.3. The third-order valence-electron chi connectivity index (χ3n) is 5.59. The third kappa shape index (κ3) is 4.33. The van der Waals surface area contributed by atoms with E-state index in [0.717, 1.165) is 51.1 Å². The Balaban J connectivity index is 1.59. The molecule has 0 spiro atoms. The second-order valence-corrected chi connectivity index (χ2v) is 7.61. The molecule has 1 unspecified atom stereocenters. The average molecular weight is 345 g/mol. The number of likely N-dealkylation sites (tertiary alicyclic amines) is 1. The van der Waals surface area contributed by atoms with Crippen LogP contribution in [-0.2, 0) is 0 Å². The molecule has 2 fully saturated rings. The van der Waals surface area contributed by atoms with Crippen molar-refractivity contribution in [2.45, 2.75) is 32.7 Å². The first-order chi connectivity index (χ1) is 12.1. The molecular weight excluding hydrogens is 314 g/mol. The fraction of sp³-hybridized carbons (Fsp3) is 0.650. The molecule has 25 heavy (non-hydrogen) atoms. The van der Waals surface area contributed by atoms with Crippen LogP contribution in [0.5, 0.6) is 0 Å². The van der Waals surface area contributed by atoms with Crippen LogP contribution in [0.3, 0.4) is 0 Å². The number of amides is 1. The molecule has 2 aliphatic rings. The van der Waals surface area contributed by atoms with Gasteiger partial charge < -0.3 is 14.9 Å². The van der Waals surface area contributed by atoms with Crippen molar-refractivity contribution in [3.8, 4) is 0 Å². The molecule has 0 aromatic heterocycles. The maximum Gasteiger partial charge on any atom is 0.253 e. The van der Waals surface area contributed by atoms with Crippen LogP contribution >= 0.6 is 0 Å². The highest BCUT2D eigenvalue weighted by Gasteiger charge is 2.24. The number of anilines is 1. The van der Waals surface area contributed by atoms with Gasteiger partial charge in [0, 0.05) is 63.2 Å². The van der Waals surface area contributed by atoms with Gasteiger partial charge in [-0.25, -0.2) is 0 Å². The minimum atomic E-state index is 0.0920. The Morgan fingerprint density at radius 2 is 1.80 bits per heavy atom. The molecule has 5 nitrogen and oxygen atoms in total. The van der Waals surface area contributed by atoms with E-state index in [2.05, 4.69) is 35.8 Å². The van der Waals surface area contributed by atoms with Crippen LogP contribution in [0.2, 0.25) is 0 Å². The fourth-order valence-corrected chi connectivity index (χ4v) is 3.89. The van der Waals surface area contributed by atoms with E-state index in [-0.39, 0.29) is 18.4 Å². The number of rotatable bonds is 4. The molecule has 1 aromatic carbocycles. The molecule has 1 amide bonds. The topological polar surface area (TPSA) is 47.0 Å². The minimum Gasteiger partial charge on any atom is -0.396 e. The van der Waals surface area contributed by atoms with Gasteiger partial charge in [0.25, 0.3) is 5.91 Å². The summed E-state index contributed by atoms with van der Waals surface area (Å²) < 4.78 is 0. The van der Waals surface area contributed by atoms with Crippen molar-refractivity contribution in [2.75, 3.05) is 50.8 Å². The molecule has 1 N–H and O–H groups in total. The summed E-state index contributed by atoms with van der Waals surface area (Å²) in [4.78, 5) is 19.5. The highest BCUT2D eigenvalue weighted by Crippen LogP contribution is 2.21. The lowest BCUT2D eigenvalue weighted by Gasteiger charge is -2.38. The van der Waals surface area contributed by atoms with E-state index < -0.39 is 0 Å². The van der Waals surface area contributed by atoms with Crippen LogP contribution in [0.15, 0.2) is 24.3 Å². The molecule has 2 heterocycles. The Morgan fingerprint density at radius 1 is 1.12 bits per heavy atom. The number of nitrogens with zero attached hydrogens (tertiary/aromatic N) is 3. The Kier molecular flexibility index (Phi) is 5.97. The second kappa shape index (κ2) is 8.19. The average Bonchev–Trinajstić information content (AvgIpc) is 2.67. The van der Waals surface area contributed by atoms with Gasteiger partial charge in [0.2, 0.25) is 0 Å². The molecule has 138 valence electrons. The molecule has 0 radical (unpaired) electrons. The number of piperazine rings is 1. The quantitative estimate of drug-likeness (QED) is 0.907. The van der Waals surface area contributed by atoms with Gasteiger partial charge in [-0.05, 0) is 56.9 Å². The molecule has 3 rings (SSSR count). The smallest absolute Gasteiger partial charge is 0.253 e. The standard InChI is InChI=1S/C20H31N3O2/c1-16(2)21-10-12-22(13-11-21)19-7-5-18(6-8-19)20(25)23-9-3-4-17(14-23)15-24/h5-8,16-17,24H,3-4,9-15H2,1-2H3. The monoisotopic (exact) mass is 345 g/mol. The molecule has 1 atom stereocenters. The number of aliphatic hydroxyl groups is 1. The van der Waals surface area contributed by atoms with Crippen molar-refractivity contribution in [2.24, 2.45) is 5.92 Å².